The summed E-state index contributed by atoms with van der Waals surface area (Å²) >= 11 is 0. The minimum Gasteiger partial charge on any atom is -0.491 e. The van der Waals surface area contributed by atoms with Crippen LogP contribution in [0.25, 0.3) is 0 Å². The van der Waals surface area contributed by atoms with Gasteiger partial charge < -0.3 is 4.74 Å². The maximum absolute atomic E-state index is 15.5. The first-order valence-corrected chi connectivity index (χ1v) is 17.4. The van der Waals surface area contributed by atoms with Crippen molar-refractivity contribution >= 4 is 0 Å². The minimum absolute atomic E-state index is 0.107. The molecule has 3 aliphatic rings. The Balaban J connectivity index is 1.23. The van der Waals surface area contributed by atoms with Crippen molar-refractivity contribution in [1.82, 2.24) is 0 Å². The minimum atomic E-state index is -3.18. The maximum Gasteiger partial charge on any atom is 0.267 e. The first-order chi connectivity index (χ1) is 20.6. The highest BCUT2D eigenvalue weighted by Crippen LogP contribution is 2.47. The van der Waals surface area contributed by atoms with Gasteiger partial charge in [0, 0.05) is 12.3 Å². The monoisotopic (exact) mass is 610 g/mol. The molecule has 3 saturated carbocycles. The summed E-state index contributed by atoms with van der Waals surface area (Å²) in [5.74, 6) is -2.11. The van der Waals surface area contributed by atoms with Gasteiger partial charge in [0.15, 0.2) is 11.6 Å². The standard InChI is InChI=1S/C37H55F5O/c1-4-6-7-8-26-9-11-27(12-10-26)13-14-28-15-17-29(18-16-28)30-19-21-31(22-20-30)37(41,42)24-32-25(3)23-33(43-5-2)35(38)34(32)36(39)40/h13-14,23,26-31,36H,4-12,15-22,24H2,1-3H3. The number of allylic oxidation sites excluding steroid dienone is 2. The second kappa shape index (κ2) is 16.1. The highest BCUT2D eigenvalue weighted by molar-refractivity contribution is 5.44. The highest BCUT2D eigenvalue weighted by Gasteiger charge is 2.44. The van der Waals surface area contributed by atoms with E-state index in [1.54, 1.807) is 6.92 Å². The molecule has 244 valence electrons. The van der Waals surface area contributed by atoms with Gasteiger partial charge in [0.1, 0.15) is 0 Å². The number of rotatable bonds is 13. The number of ether oxygens (including phenoxy) is 1. The first-order valence-electron chi connectivity index (χ1n) is 17.4. The Morgan fingerprint density at radius 1 is 0.837 bits per heavy atom. The van der Waals surface area contributed by atoms with Crippen LogP contribution in [0.1, 0.15) is 140 Å². The molecule has 0 aromatic heterocycles. The molecular formula is C37H55F5O. The molecule has 3 fully saturated rings. The maximum atomic E-state index is 15.5. The Bertz CT molecular complexity index is 1010. The lowest BCUT2D eigenvalue weighted by Gasteiger charge is -2.39. The van der Waals surface area contributed by atoms with Crippen molar-refractivity contribution in [1.29, 1.82) is 0 Å². The van der Waals surface area contributed by atoms with Gasteiger partial charge in [-0.3, -0.25) is 0 Å². The van der Waals surface area contributed by atoms with Crippen molar-refractivity contribution in [2.45, 2.75) is 142 Å². The van der Waals surface area contributed by atoms with Crippen LogP contribution in [-0.2, 0) is 6.42 Å². The van der Waals surface area contributed by atoms with Crippen molar-refractivity contribution < 1.29 is 26.7 Å². The zero-order valence-corrected chi connectivity index (χ0v) is 26.8. The van der Waals surface area contributed by atoms with Crippen LogP contribution < -0.4 is 4.74 Å². The van der Waals surface area contributed by atoms with Crippen LogP contribution >= 0.6 is 0 Å². The third-order valence-corrected chi connectivity index (χ3v) is 11.1. The molecule has 1 aromatic carbocycles. The Morgan fingerprint density at radius 3 is 1.93 bits per heavy atom. The summed E-state index contributed by atoms with van der Waals surface area (Å²) in [5.41, 5.74) is -0.971. The van der Waals surface area contributed by atoms with Gasteiger partial charge in [0.25, 0.3) is 12.3 Å². The van der Waals surface area contributed by atoms with Crippen LogP contribution in [0.4, 0.5) is 22.0 Å². The van der Waals surface area contributed by atoms with Gasteiger partial charge in [0.2, 0.25) is 0 Å². The molecule has 0 radical (unpaired) electrons. The van der Waals surface area contributed by atoms with E-state index >= 15 is 8.78 Å². The van der Waals surface area contributed by atoms with E-state index in [2.05, 4.69) is 19.1 Å². The van der Waals surface area contributed by atoms with Gasteiger partial charge >= 0.3 is 0 Å². The number of benzene rings is 1. The third-order valence-electron chi connectivity index (χ3n) is 11.1. The fourth-order valence-electron chi connectivity index (χ4n) is 8.42. The molecule has 0 heterocycles. The fraction of sp³-hybridized carbons (Fsp3) is 0.784. The van der Waals surface area contributed by atoms with E-state index < -0.39 is 36.1 Å². The lowest BCUT2D eigenvalue weighted by molar-refractivity contribution is -0.0781. The number of unbranched alkanes of at least 4 members (excludes halogenated alkanes) is 2. The molecule has 0 atom stereocenters. The Morgan fingerprint density at radius 2 is 1.40 bits per heavy atom. The lowest BCUT2D eigenvalue weighted by Crippen LogP contribution is -2.36. The van der Waals surface area contributed by atoms with Crippen molar-refractivity contribution in [2.24, 2.45) is 35.5 Å². The van der Waals surface area contributed by atoms with Crippen LogP contribution in [0.2, 0.25) is 0 Å². The molecule has 0 aliphatic heterocycles. The third kappa shape index (κ3) is 9.22. The fourth-order valence-corrected chi connectivity index (χ4v) is 8.42. The smallest absolute Gasteiger partial charge is 0.267 e. The summed E-state index contributed by atoms with van der Waals surface area (Å²) in [6.07, 6.45) is 19.0. The van der Waals surface area contributed by atoms with Crippen molar-refractivity contribution in [3.63, 3.8) is 0 Å². The van der Waals surface area contributed by atoms with Crippen molar-refractivity contribution in [2.75, 3.05) is 6.61 Å². The van der Waals surface area contributed by atoms with Crippen LogP contribution in [0, 0.1) is 48.2 Å². The molecule has 0 N–H and O–H groups in total. The number of hydrogen-bond acceptors (Lipinski definition) is 1. The van der Waals surface area contributed by atoms with Gasteiger partial charge in [-0.15, -0.1) is 0 Å². The second-order valence-corrected chi connectivity index (χ2v) is 14.0. The van der Waals surface area contributed by atoms with Crippen LogP contribution in [0.5, 0.6) is 5.75 Å². The molecule has 0 spiro atoms. The first kappa shape index (κ1) is 34.3. The van der Waals surface area contributed by atoms with Gasteiger partial charge in [-0.05, 0) is 138 Å². The summed E-state index contributed by atoms with van der Waals surface area (Å²) < 4.78 is 78.7. The molecule has 0 saturated heterocycles. The Labute approximate surface area is 257 Å². The van der Waals surface area contributed by atoms with Gasteiger partial charge in [-0.1, -0.05) is 44.8 Å². The topological polar surface area (TPSA) is 9.23 Å². The summed E-state index contributed by atoms with van der Waals surface area (Å²) in [4.78, 5) is 0. The summed E-state index contributed by atoms with van der Waals surface area (Å²) in [6, 6.07) is 1.28. The second-order valence-electron chi connectivity index (χ2n) is 14.0. The molecule has 0 bridgehead atoms. The highest BCUT2D eigenvalue weighted by atomic mass is 19.3. The summed E-state index contributed by atoms with van der Waals surface area (Å²) in [5, 5.41) is 0. The molecule has 0 unspecified atom stereocenters. The predicted molar refractivity (Wildman–Crippen MR) is 166 cm³/mol. The van der Waals surface area contributed by atoms with E-state index in [1.807, 2.05) is 0 Å². The average Bonchev–Trinajstić information content (AvgIpc) is 2.99. The van der Waals surface area contributed by atoms with Gasteiger partial charge in [0.05, 0.1) is 12.2 Å². The largest absolute Gasteiger partial charge is 0.491 e. The van der Waals surface area contributed by atoms with Crippen LogP contribution in [-0.4, -0.2) is 12.5 Å². The molecule has 4 rings (SSSR count). The van der Waals surface area contributed by atoms with E-state index in [0.717, 1.165) is 24.7 Å². The van der Waals surface area contributed by atoms with E-state index in [1.165, 1.54) is 90.0 Å². The molecule has 6 heteroatoms. The van der Waals surface area contributed by atoms with Crippen LogP contribution in [0.3, 0.4) is 0 Å². The van der Waals surface area contributed by atoms with Gasteiger partial charge in [-0.25, -0.2) is 22.0 Å². The molecule has 3 aliphatic carbocycles. The molecule has 0 amide bonds. The quantitative estimate of drug-likeness (QED) is 0.123. The van der Waals surface area contributed by atoms with Crippen molar-refractivity contribution in [3.8, 4) is 5.75 Å². The molecule has 43 heavy (non-hydrogen) atoms. The number of aryl methyl sites for hydroxylation is 1. The number of hydrogen-bond donors (Lipinski definition) is 0. The van der Waals surface area contributed by atoms with E-state index in [4.69, 9.17) is 4.74 Å². The Kier molecular flexibility index (Phi) is 12.8. The molecular weight excluding hydrogens is 555 g/mol. The molecule has 1 aromatic rings. The summed E-state index contributed by atoms with van der Waals surface area (Å²) in [6.45, 7) is 5.49. The average molecular weight is 611 g/mol. The SMILES string of the molecule is CCCCCC1CCC(C=CC2CCC(C3CCC(C(F)(F)Cc4c(C)cc(OCC)c(F)c4C(F)F)CC3)CC2)CC1. The predicted octanol–water partition coefficient (Wildman–Crippen LogP) is 12.2. The van der Waals surface area contributed by atoms with E-state index in [-0.39, 0.29) is 23.5 Å². The summed E-state index contributed by atoms with van der Waals surface area (Å²) in [7, 11) is 0. The number of alkyl halides is 4. The van der Waals surface area contributed by atoms with E-state index in [9.17, 15) is 13.2 Å². The zero-order chi connectivity index (χ0) is 31.0. The number of halogens is 5. The zero-order valence-electron chi connectivity index (χ0n) is 26.8. The molecule has 1 nitrogen and oxygen atoms in total. The van der Waals surface area contributed by atoms with Crippen molar-refractivity contribution in [3.05, 3.63) is 40.7 Å². The van der Waals surface area contributed by atoms with Crippen LogP contribution in [0.15, 0.2) is 18.2 Å². The Hall–Kier alpha value is -1.59. The van der Waals surface area contributed by atoms with Gasteiger partial charge in [-0.2, -0.15) is 0 Å². The lowest BCUT2D eigenvalue weighted by atomic mass is 9.68. The normalized spacial score (nSPS) is 29.0. The van der Waals surface area contributed by atoms with E-state index in [0.29, 0.717) is 30.6 Å².